The third-order valence-electron chi connectivity index (χ3n) is 7.03. The standard InChI is InChI=1S/C26H22F2N3O7PS/c27-18-9-8-15-17(22(18)28)13-40-20-6-2-1-5-16(20)23(15)31-21-7-3-4-11-29(21)26(33)24-25(19(32)10-12-30(24)31)37-14-38-39(34,35)36/h1-6,8-10,12,21,23H,7,11,13-14H2,(H2,34,35,36)/t21-,23+/m1/s1. The highest BCUT2D eigenvalue weighted by Gasteiger charge is 2.45. The number of thioether (sulfide) groups is 1. The normalized spacial score (nSPS) is 19.9. The molecule has 0 bridgehead atoms. The Kier molecular flexibility index (Phi) is 6.79. The summed E-state index contributed by atoms with van der Waals surface area (Å²) in [6.45, 7) is -0.779. The Hall–Kier alpha value is -3.48. The number of benzene rings is 2. The summed E-state index contributed by atoms with van der Waals surface area (Å²) in [7, 11) is -4.92. The third-order valence-corrected chi connectivity index (χ3v) is 8.59. The minimum atomic E-state index is -4.92. The SMILES string of the molecule is O=C1c2c(OCOP(=O)(O)O)c(=O)ccn2N([C@@H]2c3ccccc3SCc3c2ccc(F)c3F)[C@@H]2CC=CCN12. The second-order valence-corrected chi connectivity index (χ2v) is 11.5. The molecule has 2 N–H and O–H groups in total. The number of aromatic nitrogens is 1. The van der Waals surface area contributed by atoms with Gasteiger partial charge in [0.2, 0.25) is 18.0 Å². The van der Waals surface area contributed by atoms with Gasteiger partial charge < -0.3 is 19.4 Å². The van der Waals surface area contributed by atoms with Crippen LogP contribution >= 0.6 is 19.6 Å². The maximum absolute atomic E-state index is 15.2. The van der Waals surface area contributed by atoms with E-state index < -0.39 is 55.5 Å². The first kappa shape index (κ1) is 26.7. The molecule has 0 saturated carbocycles. The number of nitrogens with zero attached hydrogens (tertiary/aromatic N) is 3. The molecule has 2 aromatic carbocycles. The average molecular weight is 590 g/mol. The number of hydrogen-bond acceptors (Lipinski definition) is 7. The van der Waals surface area contributed by atoms with Gasteiger partial charge in [-0.1, -0.05) is 36.4 Å². The fourth-order valence-electron chi connectivity index (χ4n) is 5.34. The van der Waals surface area contributed by atoms with Gasteiger partial charge in [-0.15, -0.1) is 11.8 Å². The number of phosphoric acid groups is 1. The summed E-state index contributed by atoms with van der Waals surface area (Å²) in [5, 5.41) is 1.83. The average Bonchev–Trinajstić information content (AvgIpc) is 3.09. The summed E-state index contributed by atoms with van der Waals surface area (Å²) in [4.78, 5) is 47.1. The van der Waals surface area contributed by atoms with Gasteiger partial charge in [0.25, 0.3) is 5.91 Å². The van der Waals surface area contributed by atoms with E-state index in [1.165, 1.54) is 33.6 Å². The molecule has 3 aliphatic rings. The van der Waals surface area contributed by atoms with E-state index in [0.717, 1.165) is 22.6 Å². The van der Waals surface area contributed by atoms with Crippen molar-refractivity contribution in [2.45, 2.75) is 29.3 Å². The monoisotopic (exact) mass is 589 g/mol. The van der Waals surface area contributed by atoms with E-state index in [1.807, 2.05) is 35.4 Å². The van der Waals surface area contributed by atoms with Crippen molar-refractivity contribution in [3.63, 3.8) is 0 Å². The first-order chi connectivity index (χ1) is 19.2. The lowest BCUT2D eigenvalue weighted by Crippen LogP contribution is -2.63. The molecule has 0 fully saturated rings. The maximum Gasteiger partial charge on any atom is 0.472 e. The second-order valence-electron chi connectivity index (χ2n) is 9.27. The molecule has 0 spiro atoms. The summed E-state index contributed by atoms with van der Waals surface area (Å²) < 4.78 is 52.0. The first-order valence-corrected chi connectivity index (χ1v) is 14.7. The van der Waals surface area contributed by atoms with Crippen LogP contribution in [0.5, 0.6) is 5.75 Å². The van der Waals surface area contributed by atoms with Crippen molar-refractivity contribution in [1.29, 1.82) is 0 Å². The van der Waals surface area contributed by atoms with Crippen molar-refractivity contribution in [1.82, 2.24) is 9.58 Å². The molecular weight excluding hydrogens is 567 g/mol. The minimum absolute atomic E-state index is 0.179. The van der Waals surface area contributed by atoms with Crippen LogP contribution in [-0.4, -0.2) is 44.8 Å². The smallest absolute Gasteiger partial charge is 0.460 e. The van der Waals surface area contributed by atoms with Gasteiger partial charge in [0.15, 0.2) is 17.3 Å². The van der Waals surface area contributed by atoms with Crippen LogP contribution in [0.2, 0.25) is 0 Å². The van der Waals surface area contributed by atoms with E-state index in [4.69, 9.17) is 14.5 Å². The molecule has 3 aromatic rings. The van der Waals surface area contributed by atoms with Gasteiger partial charge in [-0.05, 0) is 23.3 Å². The Morgan fingerprint density at radius 2 is 1.85 bits per heavy atom. The summed E-state index contributed by atoms with van der Waals surface area (Å²) in [5.41, 5.74) is 0.586. The first-order valence-electron chi connectivity index (χ1n) is 12.2. The summed E-state index contributed by atoms with van der Waals surface area (Å²) in [6, 6.07) is 10.5. The van der Waals surface area contributed by atoms with Crippen molar-refractivity contribution in [3.05, 3.63) is 105 Å². The Labute approximate surface area is 230 Å². The summed E-state index contributed by atoms with van der Waals surface area (Å²) >= 11 is 1.37. The number of pyridine rings is 1. The molecule has 0 saturated heterocycles. The van der Waals surface area contributed by atoms with Gasteiger partial charge in [0.1, 0.15) is 6.17 Å². The number of phosphoric ester groups is 1. The fourth-order valence-corrected chi connectivity index (χ4v) is 6.65. The van der Waals surface area contributed by atoms with E-state index in [-0.39, 0.29) is 23.6 Å². The number of halogens is 2. The molecule has 0 unspecified atom stereocenters. The number of hydrogen-bond donors (Lipinski definition) is 2. The van der Waals surface area contributed by atoms with Crippen molar-refractivity contribution >= 4 is 25.5 Å². The van der Waals surface area contributed by atoms with Gasteiger partial charge in [-0.25, -0.2) is 17.9 Å². The topological polar surface area (TPSA) is 122 Å². The van der Waals surface area contributed by atoms with Crippen LogP contribution in [0.4, 0.5) is 8.78 Å². The van der Waals surface area contributed by atoms with E-state index in [0.29, 0.717) is 12.0 Å². The Morgan fingerprint density at radius 3 is 2.65 bits per heavy atom. The largest absolute Gasteiger partial charge is 0.472 e. The Bertz CT molecular complexity index is 1660. The van der Waals surface area contributed by atoms with Crippen LogP contribution < -0.4 is 15.2 Å². The number of ether oxygens (including phenoxy) is 1. The number of carbonyl (C=O) groups excluding carboxylic acids is 1. The number of rotatable bonds is 5. The van der Waals surface area contributed by atoms with Crippen LogP contribution in [0.1, 0.15) is 39.6 Å². The summed E-state index contributed by atoms with van der Waals surface area (Å²) in [6.07, 6.45) is 4.96. The van der Waals surface area contributed by atoms with E-state index in [2.05, 4.69) is 4.52 Å². The van der Waals surface area contributed by atoms with Gasteiger partial charge in [0.05, 0.1) is 6.04 Å². The molecule has 0 aliphatic carbocycles. The number of amides is 1. The predicted molar refractivity (Wildman–Crippen MR) is 140 cm³/mol. The predicted octanol–water partition coefficient (Wildman–Crippen LogP) is 3.65. The zero-order valence-electron chi connectivity index (χ0n) is 20.6. The third kappa shape index (κ3) is 4.53. The molecule has 0 radical (unpaired) electrons. The number of carbonyl (C=O) groups is 1. The second kappa shape index (κ2) is 10.2. The van der Waals surface area contributed by atoms with Crippen molar-refractivity contribution < 1.29 is 37.2 Å². The lowest BCUT2D eigenvalue weighted by atomic mass is 9.92. The van der Waals surface area contributed by atoms with E-state index in [1.54, 1.807) is 6.08 Å². The highest BCUT2D eigenvalue weighted by molar-refractivity contribution is 7.98. The Morgan fingerprint density at radius 1 is 1.05 bits per heavy atom. The molecule has 3 aliphatic heterocycles. The van der Waals surface area contributed by atoms with Crippen LogP contribution in [0, 0.1) is 11.6 Å². The van der Waals surface area contributed by atoms with Crippen molar-refractivity contribution in [3.8, 4) is 5.75 Å². The van der Waals surface area contributed by atoms with Crippen molar-refractivity contribution in [2.24, 2.45) is 0 Å². The molecule has 1 amide bonds. The number of fused-ring (bicyclic) bond motifs is 4. The van der Waals surface area contributed by atoms with Gasteiger partial charge in [-0.2, -0.15) is 0 Å². The molecule has 1 aromatic heterocycles. The molecule has 14 heteroatoms. The highest BCUT2D eigenvalue weighted by atomic mass is 32.2. The van der Waals surface area contributed by atoms with E-state index in [9.17, 15) is 18.5 Å². The quantitative estimate of drug-likeness (QED) is 0.261. The van der Waals surface area contributed by atoms with E-state index >= 15 is 4.39 Å². The van der Waals surface area contributed by atoms with Gasteiger partial charge in [-0.3, -0.25) is 19.3 Å². The molecule has 2 atom stereocenters. The zero-order chi connectivity index (χ0) is 28.2. The zero-order valence-corrected chi connectivity index (χ0v) is 22.4. The van der Waals surface area contributed by atoms with Crippen LogP contribution in [0.3, 0.4) is 0 Å². The van der Waals surface area contributed by atoms with Crippen LogP contribution in [0.25, 0.3) is 0 Å². The fraction of sp³-hybridized carbons (Fsp3) is 0.231. The van der Waals surface area contributed by atoms with Crippen LogP contribution in [-0.2, 0) is 14.8 Å². The van der Waals surface area contributed by atoms with Crippen molar-refractivity contribution in [2.75, 3.05) is 18.3 Å². The molecule has 6 rings (SSSR count). The molecule has 208 valence electrons. The lowest BCUT2D eigenvalue weighted by Gasteiger charge is -2.50. The minimum Gasteiger partial charge on any atom is -0.460 e. The summed E-state index contributed by atoms with van der Waals surface area (Å²) in [5.74, 6) is -2.74. The molecule has 10 nitrogen and oxygen atoms in total. The van der Waals surface area contributed by atoms with Gasteiger partial charge >= 0.3 is 7.82 Å². The highest BCUT2D eigenvalue weighted by Crippen LogP contribution is 2.45. The van der Waals surface area contributed by atoms with Crippen LogP contribution in [0.15, 0.2) is 70.5 Å². The Balaban J connectivity index is 1.59. The molecular formula is C26H22F2N3O7PS. The lowest BCUT2D eigenvalue weighted by molar-refractivity contribution is 0.0537. The molecule has 4 heterocycles. The maximum atomic E-state index is 15.2. The van der Waals surface area contributed by atoms with Gasteiger partial charge in [0, 0.05) is 41.4 Å². The molecule has 40 heavy (non-hydrogen) atoms.